The van der Waals surface area contributed by atoms with E-state index in [1.807, 2.05) is 6.07 Å². The maximum Gasteiger partial charge on any atom is 0.269 e. The van der Waals surface area contributed by atoms with E-state index in [-0.39, 0.29) is 10.6 Å². The maximum absolute atomic E-state index is 10.8. The van der Waals surface area contributed by atoms with Gasteiger partial charge >= 0.3 is 0 Å². The summed E-state index contributed by atoms with van der Waals surface area (Å²) in [7, 11) is 0. The summed E-state index contributed by atoms with van der Waals surface area (Å²) < 4.78 is 0. The van der Waals surface area contributed by atoms with E-state index < -0.39 is 0 Å². The third-order valence-electron chi connectivity index (χ3n) is 3.88. The molecule has 4 nitrogen and oxygen atoms in total. The molecule has 1 aliphatic heterocycles. The molecule has 4 heteroatoms. The fraction of sp³-hybridized carbons (Fsp3) is 0.600. The second-order valence-electron chi connectivity index (χ2n) is 5.38. The van der Waals surface area contributed by atoms with Crippen LogP contribution in [-0.4, -0.2) is 17.5 Å². The lowest BCUT2D eigenvalue weighted by atomic mass is 10.1. The molecule has 0 aromatic heterocycles. The van der Waals surface area contributed by atoms with Crippen LogP contribution >= 0.6 is 0 Å². The molecular formula is C15H22N2O2. The van der Waals surface area contributed by atoms with Gasteiger partial charge in [-0.05, 0) is 31.4 Å². The third kappa shape index (κ3) is 3.06. The Bertz CT molecular complexity index is 459. The first-order chi connectivity index (χ1) is 9.13. The van der Waals surface area contributed by atoms with E-state index in [1.165, 1.54) is 31.4 Å². The molecule has 0 saturated heterocycles. The molecule has 1 heterocycles. The summed E-state index contributed by atoms with van der Waals surface area (Å²) in [6.45, 7) is 5.48. The lowest BCUT2D eigenvalue weighted by Crippen LogP contribution is -2.30. The van der Waals surface area contributed by atoms with E-state index >= 15 is 0 Å². The average Bonchev–Trinajstić information content (AvgIpc) is 2.69. The molecule has 0 fully saturated rings. The fourth-order valence-corrected chi connectivity index (χ4v) is 2.84. The number of rotatable bonds is 6. The molecule has 1 aromatic rings. The number of benzene rings is 1. The van der Waals surface area contributed by atoms with Gasteiger partial charge in [0.25, 0.3) is 5.69 Å². The lowest BCUT2D eigenvalue weighted by Gasteiger charge is -2.24. The topological polar surface area (TPSA) is 46.4 Å². The Morgan fingerprint density at radius 1 is 1.37 bits per heavy atom. The number of hydrogen-bond acceptors (Lipinski definition) is 3. The van der Waals surface area contributed by atoms with Crippen LogP contribution in [0.5, 0.6) is 0 Å². The van der Waals surface area contributed by atoms with Crippen LogP contribution in [0.1, 0.15) is 45.1 Å². The molecule has 0 unspecified atom stereocenters. The van der Waals surface area contributed by atoms with E-state index in [4.69, 9.17) is 0 Å². The first kappa shape index (κ1) is 13.8. The van der Waals surface area contributed by atoms with Crippen molar-refractivity contribution in [2.75, 3.05) is 11.4 Å². The monoisotopic (exact) mass is 262 g/mol. The molecule has 19 heavy (non-hydrogen) atoms. The van der Waals surface area contributed by atoms with Crippen LogP contribution < -0.4 is 4.90 Å². The molecule has 104 valence electrons. The van der Waals surface area contributed by atoms with Crippen molar-refractivity contribution in [2.24, 2.45) is 0 Å². The van der Waals surface area contributed by atoms with Crippen molar-refractivity contribution < 1.29 is 4.92 Å². The van der Waals surface area contributed by atoms with Gasteiger partial charge in [0, 0.05) is 30.4 Å². The summed E-state index contributed by atoms with van der Waals surface area (Å²) in [5.74, 6) is 0. The maximum atomic E-state index is 10.8. The molecular weight excluding hydrogens is 240 g/mol. The zero-order chi connectivity index (χ0) is 13.8. The number of unbranched alkanes of at least 4 members (excludes halogenated alkanes) is 3. The Balaban J connectivity index is 2.06. The van der Waals surface area contributed by atoms with E-state index in [0.29, 0.717) is 6.04 Å². The number of fused-ring (bicyclic) bond motifs is 1. The normalized spacial score (nSPS) is 17.6. The van der Waals surface area contributed by atoms with Gasteiger partial charge < -0.3 is 4.90 Å². The minimum Gasteiger partial charge on any atom is -0.368 e. The average molecular weight is 262 g/mol. The van der Waals surface area contributed by atoms with Gasteiger partial charge in [-0.25, -0.2) is 0 Å². The smallest absolute Gasteiger partial charge is 0.269 e. The van der Waals surface area contributed by atoms with Gasteiger partial charge in [0.05, 0.1) is 4.92 Å². The van der Waals surface area contributed by atoms with Crippen LogP contribution in [0, 0.1) is 10.1 Å². The van der Waals surface area contributed by atoms with Crippen LogP contribution in [0.15, 0.2) is 18.2 Å². The lowest BCUT2D eigenvalue weighted by molar-refractivity contribution is -0.384. The minimum absolute atomic E-state index is 0.207. The first-order valence-electron chi connectivity index (χ1n) is 7.17. The van der Waals surface area contributed by atoms with Gasteiger partial charge in [-0.3, -0.25) is 10.1 Å². The number of nitrogens with zero attached hydrogens (tertiary/aromatic N) is 2. The second kappa shape index (κ2) is 6.04. The molecule has 1 aliphatic rings. The Labute approximate surface area is 114 Å². The summed E-state index contributed by atoms with van der Waals surface area (Å²) in [4.78, 5) is 12.9. The molecule has 1 atom stereocenters. The van der Waals surface area contributed by atoms with Crippen LogP contribution in [0.3, 0.4) is 0 Å². The van der Waals surface area contributed by atoms with Crippen LogP contribution in [-0.2, 0) is 6.42 Å². The summed E-state index contributed by atoms with van der Waals surface area (Å²) >= 11 is 0. The number of nitro benzene ring substituents is 1. The molecule has 0 bridgehead atoms. The first-order valence-corrected chi connectivity index (χ1v) is 7.17. The second-order valence-corrected chi connectivity index (χ2v) is 5.38. The Kier molecular flexibility index (Phi) is 4.40. The summed E-state index contributed by atoms with van der Waals surface area (Å²) in [5, 5.41) is 10.8. The number of anilines is 1. The zero-order valence-corrected chi connectivity index (χ0v) is 11.8. The van der Waals surface area contributed by atoms with Gasteiger partial charge in [0.2, 0.25) is 0 Å². The van der Waals surface area contributed by atoms with Gasteiger partial charge in [0.1, 0.15) is 0 Å². The van der Waals surface area contributed by atoms with Crippen LogP contribution in [0.2, 0.25) is 0 Å². The quantitative estimate of drug-likeness (QED) is 0.443. The van der Waals surface area contributed by atoms with E-state index in [9.17, 15) is 10.1 Å². The molecule has 0 amide bonds. The van der Waals surface area contributed by atoms with E-state index in [1.54, 1.807) is 12.1 Å². The number of nitro groups is 1. The third-order valence-corrected chi connectivity index (χ3v) is 3.88. The fourth-order valence-electron chi connectivity index (χ4n) is 2.84. The summed E-state index contributed by atoms with van der Waals surface area (Å²) in [6, 6.07) is 5.73. The highest BCUT2D eigenvalue weighted by Gasteiger charge is 2.26. The SMILES string of the molecule is CCCCCCN1c2ccc([N+](=O)[O-])cc2C[C@@H]1C. The van der Waals surface area contributed by atoms with Gasteiger partial charge in [-0.15, -0.1) is 0 Å². The van der Waals surface area contributed by atoms with Crippen molar-refractivity contribution in [1.82, 2.24) is 0 Å². The van der Waals surface area contributed by atoms with Crippen molar-refractivity contribution in [3.8, 4) is 0 Å². The Hall–Kier alpha value is -1.58. The van der Waals surface area contributed by atoms with Gasteiger partial charge in [0.15, 0.2) is 0 Å². The highest BCUT2D eigenvalue weighted by molar-refractivity contribution is 5.62. The van der Waals surface area contributed by atoms with Crippen molar-refractivity contribution in [2.45, 2.75) is 52.0 Å². The van der Waals surface area contributed by atoms with E-state index in [2.05, 4.69) is 18.7 Å². The van der Waals surface area contributed by atoms with Crippen molar-refractivity contribution in [3.05, 3.63) is 33.9 Å². The minimum atomic E-state index is -0.311. The number of non-ortho nitro benzene ring substituents is 1. The summed E-state index contributed by atoms with van der Waals surface area (Å²) in [6.07, 6.45) is 5.93. The van der Waals surface area contributed by atoms with Gasteiger partial charge in [-0.2, -0.15) is 0 Å². The highest BCUT2D eigenvalue weighted by Crippen LogP contribution is 2.34. The molecule has 0 radical (unpaired) electrons. The van der Waals surface area contributed by atoms with E-state index in [0.717, 1.165) is 18.5 Å². The molecule has 0 spiro atoms. The molecule has 1 aromatic carbocycles. The van der Waals surface area contributed by atoms with Crippen LogP contribution in [0.4, 0.5) is 11.4 Å². The van der Waals surface area contributed by atoms with Crippen molar-refractivity contribution in [3.63, 3.8) is 0 Å². The highest BCUT2D eigenvalue weighted by atomic mass is 16.6. The predicted molar refractivity (Wildman–Crippen MR) is 77.8 cm³/mol. The Morgan fingerprint density at radius 3 is 2.84 bits per heavy atom. The van der Waals surface area contributed by atoms with Crippen molar-refractivity contribution in [1.29, 1.82) is 0 Å². The molecule has 0 N–H and O–H groups in total. The molecule has 0 aliphatic carbocycles. The summed E-state index contributed by atoms with van der Waals surface area (Å²) in [5.41, 5.74) is 2.52. The van der Waals surface area contributed by atoms with Crippen LogP contribution in [0.25, 0.3) is 0 Å². The predicted octanol–water partition coefficient (Wildman–Crippen LogP) is 3.93. The Morgan fingerprint density at radius 2 is 2.16 bits per heavy atom. The molecule has 2 rings (SSSR count). The number of hydrogen-bond donors (Lipinski definition) is 0. The van der Waals surface area contributed by atoms with Crippen molar-refractivity contribution >= 4 is 11.4 Å². The van der Waals surface area contributed by atoms with Gasteiger partial charge in [-0.1, -0.05) is 26.2 Å². The standard InChI is InChI=1S/C15H22N2O2/c1-3-4-5-6-9-16-12(2)10-13-11-14(17(18)19)7-8-15(13)16/h7-8,11-12H,3-6,9-10H2,1-2H3/t12-/m0/s1. The molecule has 0 saturated carbocycles. The zero-order valence-electron chi connectivity index (χ0n) is 11.8. The largest absolute Gasteiger partial charge is 0.368 e.